The van der Waals surface area contributed by atoms with Gasteiger partial charge in [0.1, 0.15) is 5.34 Å². The average molecular weight is 224 g/mol. The summed E-state index contributed by atoms with van der Waals surface area (Å²) in [4.78, 5) is 0. The lowest BCUT2D eigenvalue weighted by molar-refractivity contribution is 0.0931. The SMILES string of the molecule is CCOP1(=S)OC(C)(C)CC1(C)O. The van der Waals surface area contributed by atoms with Crippen LogP contribution in [0.2, 0.25) is 0 Å². The molecule has 1 aliphatic heterocycles. The zero-order valence-corrected chi connectivity index (χ0v) is 10.2. The number of hydrogen-bond acceptors (Lipinski definition) is 4. The van der Waals surface area contributed by atoms with E-state index < -0.39 is 11.8 Å². The summed E-state index contributed by atoms with van der Waals surface area (Å²) in [5, 5.41) is 9.09. The van der Waals surface area contributed by atoms with Gasteiger partial charge >= 0.3 is 0 Å². The monoisotopic (exact) mass is 224 g/mol. The van der Waals surface area contributed by atoms with E-state index in [1.165, 1.54) is 0 Å². The zero-order chi connectivity index (χ0) is 10.3. The molecule has 0 aromatic heterocycles. The maximum absolute atomic E-state index is 10.1. The third-order valence-electron chi connectivity index (χ3n) is 2.02. The van der Waals surface area contributed by atoms with Crippen molar-refractivity contribution in [2.75, 3.05) is 6.61 Å². The van der Waals surface area contributed by atoms with Crippen LogP contribution in [0.3, 0.4) is 0 Å². The molecule has 1 heterocycles. The second-order valence-corrected chi connectivity index (χ2v) is 8.00. The van der Waals surface area contributed by atoms with Gasteiger partial charge in [0.15, 0.2) is 0 Å². The summed E-state index contributed by atoms with van der Waals surface area (Å²) in [7, 11) is 0. The van der Waals surface area contributed by atoms with Gasteiger partial charge in [-0.1, -0.05) is 0 Å². The van der Waals surface area contributed by atoms with Gasteiger partial charge in [0.2, 0.25) is 6.49 Å². The van der Waals surface area contributed by atoms with Crippen LogP contribution in [0.15, 0.2) is 0 Å². The molecule has 1 aliphatic rings. The lowest BCUT2D eigenvalue weighted by Gasteiger charge is -2.26. The second kappa shape index (κ2) is 3.28. The Labute approximate surface area is 84.6 Å². The Bertz CT molecular complexity index is 250. The lowest BCUT2D eigenvalue weighted by atomic mass is 10.0. The topological polar surface area (TPSA) is 38.7 Å². The number of hydrogen-bond donors (Lipinski definition) is 1. The fraction of sp³-hybridized carbons (Fsp3) is 1.00. The Balaban J connectivity index is 2.93. The van der Waals surface area contributed by atoms with Gasteiger partial charge in [-0.25, -0.2) is 0 Å². The third kappa shape index (κ3) is 2.13. The van der Waals surface area contributed by atoms with Crippen molar-refractivity contribution in [2.24, 2.45) is 0 Å². The Hall–Kier alpha value is 0.530. The standard InChI is InChI=1S/C8H17O3PS/c1-5-10-12(13)8(4,9)6-7(2,3)11-12/h9H,5-6H2,1-4H3. The first-order chi connectivity index (χ1) is 5.72. The molecule has 2 unspecified atom stereocenters. The maximum atomic E-state index is 10.1. The molecule has 0 aromatic carbocycles. The van der Waals surface area contributed by atoms with E-state index in [0.717, 1.165) is 0 Å². The molecule has 0 saturated carbocycles. The van der Waals surface area contributed by atoms with Crippen LogP contribution >= 0.6 is 6.49 Å². The summed E-state index contributed by atoms with van der Waals surface area (Å²) in [5.74, 6) is 0. The van der Waals surface area contributed by atoms with Crippen LogP contribution < -0.4 is 0 Å². The molecule has 0 aromatic rings. The van der Waals surface area contributed by atoms with Crippen molar-refractivity contribution in [3.8, 4) is 0 Å². The van der Waals surface area contributed by atoms with Crippen molar-refractivity contribution in [1.29, 1.82) is 0 Å². The van der Waals surface area contributed by atoms with Gasteiger partial charge in [0.25, 0.3) is 0 Å². The van der Waals surface area contributed by atoms with Crippen LogP contribution in [-0.2, 0) is 20.9 Å². The summed E-state index contributed by atoms with van der Waals surface area (Å²) in [6.07, 6.45) is 0.539. The van der Waals surface area contributed by atoms with E-state index in [0.29, 0.717) is 13.0 Å². The van der Waals surface area contributed by atoms with Gasteiger partial charge in [-0.05, 0) is 39.5 Å². The van der Waals surface area contributed by atoms with E-state index in [4.69, 9.17) is 20.9 Å². The lowest BCUT2D eigenvalue weighted by Crippen LogP contribution is -2.24. The normalized spacial score (nSPS) is 43.8. The van der Waals surface area contributed by atoms with Crippen molar-refractivity contribution in [1.82, 2.24) is 0 Å². The maximum Gasteiger partial charge on any atom is 0.220 e. The van der Waals surface area contributed by atoms with E-state index in [1.54, 1.807) is 6.92 Å². The van der Waals surface area contributed by atoms with Crippen LogP contribution in [0.25, 0.3) is 0 Å². The van der Waals surface area contributed by atoms with Crippen LogP contribution in [0, 0.1) is 0 Å². The molecule has 3 nitrogen and oxygen atoms in total. The summed E-state index contributed by atoms with van der Waals surface area (Å²) < 4.78 is 11.0. The molecule has 0 amide bonds. The van der Waals surface area contributed by atoms with Crippen LogP contribution in [0.5, 0.6) is 0 Å². The first-order valence-corrected chi connectivity index (χ1v) is 7.04. The van der Waals surface area contributed by atoms with E-state index in [2.05, 4.69) is 0 Å². The fourth-order valence-electron chi connectivity index (χ4n) is 1.69. The molecule has 5 heteroatoms. The zero-order valence-electron chi connectivity index (χ0n) is 8.53. The summed E-state index contributed by atoms with van der Waals surface area (Å²) in [6, 6.07) is 0. The van der Waals surface area contributed by atoms with E-state index in [-0.39, 0.29) is 5.60 Å². The van der Waals surface area contributed by atoms with Gasteiger partial charge in [0, 0.05) is 6.42 Å². The summed E-state index contributed by atoms with van der Waals surface area (Å²) in [6.45, 7) is 5.40. The highest BCUT2D eigenvalue weighted by atomic mass is 32.5. The number of rotatable bonds is 2. The van der Waals surface area contributed by atoms with E-state index >= 15 is 0 Å². The Kier molecular flexibility index (Phi) is 2.93. The first-order valence-electron chi connectivity index (χ1n) is 4.40. The first kappa shape index (κ1) is 11.6. The molecule has 0 aliphatic carbocycles. The van der Waals surface area contributed by atoms with Gasteiger partial charge < -0.3 is 14.2 Å². The molecule has 1 N–H and O–H groups in total. The Morgan fingerprint density at radius 3 is 2.38 bits per heavy atom. The van der Waals surface area contributed by atoms with Crippen LogP contribution in [-0.4, -0.2) is 22.7 Å². The second-order valence-electron chi connectivity index (χ2n) is 4.16. The van der Waals surface area contributed by atoms with Crippen molar-refractivity contribution in [2.45, 2.75) is 45.1 Å². The van der Waals surface area contributed by atoms with Gasteiger partial charge in [-0.2, -0.15) is 0 Å². The van der Waals surface area contributed by atoms with Gasteiger partial charge in [-0.3, -0.25) is 0 Å². The van der Waals surface area contributed by atoms with Crippen molar-refractivity contribution in [3.05, 3.63) is 0 Å². The smallest absolute Gasteiger partial charge is 0.220 e. The molecule has 78 valence electrons. The van der Waals surface area contributed by atoms with Crippen molar-refractivity contribution < 1.29 is 14.2 Å². The minimum absolute atomic E-state index is 0.367. The molecular formula is C8H17O3PS. The van der Waals surface area contributed by atoms with Crippen molar-refractivity contribution >= 4 is 18.3 Å². The largest absolute Gasteiger partial charge is 0.380 e. The molecule has 1 saturated heterocycles. The molecule has 0 spiro atoms. The Morgan fingerprint density at radius 1 is 1.54 bits per heavy atom. The van der Waals surface area contributed by atoms with Gasteiger partial charge in [-0.15, -0.1) is 0 Å². The summed E-state index contributed by atoms with van der Waals surface area (Å²) in [5.41, 5.74) is -0.367. The molecular weight excluding hydrogens is 207 g/mol. The van der Waals surface area contributed by atoms with E-state index in [1.807, 2.05) is 20.8 Å². The quantitative estimate of drug-likeness (QED) is 0.730. The van der Waals surface area contributed by atoms with E-state index in [9.17, 15) is 5.11 Å². The molecule has 1 rings (SSSR count). The minimum Gasteiger partial charge on any atom is -0.380 e. The number of aliphatic hydroxyl groups is 1. The highest BCUT2D eigenvalue weighted by molar-refractivity contribution is 8.10. The highest BCUT2D eigenvalue weighted by Crippen LogP contribution is 2.69. The highest BCUT2D eigenvalue weighted by Gasteiger charge is 2.54. The fourth-order valence-corrected chi connectivity index (χ4v) is 4.97. The third-order valence-corrected chi connectivity index (χ3v) is 6.41. The molecule has 0 radical (unpaired) electrons. The predicted octanol–water partition coefficient (Wildman–Crippen LogP) is 2.24. The van der Waals surface area contributed by atoms with Crippen LogP contribution in [0.1, 0.15) is 34.1 Å². The molecule has 2 atom stereocenters. The molecule has 0 bridgehead atoms. The summed E-state index contributed by atoms with van der Waals surface area (Å²) >= 11 is 5.27. The average Bonchev–Trinajstić information content (AvgIpc) is 1.96. The van der Waals surface area contributed by atoms with Crippen LogP contribution in [0.4, 0.5) is 0 Å². The molecule has 13 heavy (non-hydrogen) atoms. The Morgan fingerprint density at radius 2 is 2.08 bits per heavy atom. The predicted molar refractivity (Wildman–Crippen MR) is 56.3 cm³/mol. The van der Waals surface area contributed by atoms with Crippen molar-refractivity contribution in [3.63, 3.8) is 0 Å². The molecule has 1 fully saturated rings. The minimum atomic E-state index is -2.51. The van der Waals surface area contributed by atoms with Gasteiger partial charge in [0.05, 0.1) is 12.2 Å².